The Kier molecular flexibility index (Phi) is 4.48. The first kappa shape index (κ1) is 16.2. The second kappa shape index (κ2) is 6.91. The number of aromatic nitrogens is 5. The Hall–Kier alpha value is -2.29. The molecule has 1 aliphatic heterocycles. The maximum absolute atomic E-state index is 12.4. The molecular weight excluding hydrogens is 324 g/mol. The van der Waals surface area contributed by atoms with Crippen LogP contribution >= 0.6 is 0 Å². The third kappa shape index (κ3) is 3.87. The quantitative estimate of drug-likeness (QED) is 0.839. The van der Waals surface area contributed by atoms with Gasteiger partial charge in [-0.05, 0) is 26.2 Å². The van der Waals surface area contributed by atoms with Crippen molar-refractivity contribution in [2.45, 2.75) is 51.0 Å². The van der Waals surface area contributed by atoms with E-state index < -0.39 is 0 Å². The molecule has 1 aliphatic carbocycles. The van der Waals surface area contributed by atoms with E-state index >= 15 is 0 Å². The first-order valence-electron chi connectivity index (χ1n) is 8.80. The minimum absolute atomic E-state index is 0.113. The van der Waals surface area contributed by atoms with Crippen molar-refractivity contribution in [1.82, 2.24) is 30.2 Å². The molecule has 1 saturated carbocycles. The molecule has 134 valence electrons. The molecule has 9 nitrogen and oxygen atoms in total. The third-order valence-corrected chi connectivity index (χ3v) is 4.53. The van der Waals surface area contributed by atoms with Crippen molar-refractivity contribution < 1.29 is 14.1 Å². The molecule has 0 unspecified atom stereocenters. The van der Waals surface area contributed by atoms with Crippen molar-refractivity contribution in [2.24, 2.45) is 0 Å². The number of morpholine rings is 1. The van der Waals surface area contributed by atoms with Crippen LogP contribution in [-0.4, -0.2) is 55.8 Å². The van der Waals surface area contributed by atoms with Crippen LogP contribution in [0, 0.1) is 6.92 Å². The van der Waals surface area contributed by atoms with Gasteiger partial charge in [-0.2, -0.15) is 10.1 Å². The fourth-order valence-electron chi connectivity index (χ4n) is 2.96. The van der Waals surface area contributed by atoms with Crippen LogP contribution < -0.4 is 0 Å². The van der Waals surface area contributed by atoms with Crippen molar-refractivity contribution in [3.8, 4) is 0 Å². The summed E-state index contributed by atoms with van der Waals surface area (Å²) in [6, 6.07) is 0. The van der Waals surface area contributed by atoms with Gasteiger partial charge in [-0.3, -0.25) is 9.89 Å². The van der Waals surface area contributed by atoms with Crippen LogP contribution in [0.3, 0.4) is 0 Å². The minimum atomic E-state index is -0.264. The first-order chi connectivity index (χ1) is 12.2. The average molecular weight is 346 g/mol. The van der Waals surface area contributed by atoms with Gasteiger partial charge in [-0.1, -0.05) is 5.16 Å². The summed E-state index contributed by atoms with van der Waals surface area (Å²) in [6.45, 7) is 3.43. The molecule has 0 spiro atoms. The zero-order valence-electron chi connectivity index (χ0n) is 14.3. The van der Waals surface area contributed by atoms with Crippen molar-refractivity contribution in [3.05, 3.63) is 23.4 Å². The highest BCUT2D eigenvalue weighted by Gasteiger charge is 2.29. The fourth-order valence-corrected chi connectivity index (χ4v) is 2.96. The van der Waals surface area contributed by atoms with Crippen molar-refractivity contribution >= 4 is 5.91 Å². The van der Waals surface area contributed by atoms with Crippen LogP contribution in [0.5, 0.6) is 0 Å². The van der Waals surface area contributed by atoms with Crippen molar-refractivity contribution in [3.63, 3.8) is 0 Å². The second-order valence-corrected chi connectivity index (χ2v) is 6.65. The number of rotatable bonds is 6. The summed E-state index contributed by atoms with van der Waals surface area (Å²) in [4.78, 5) is 23.0. The Morgan fingerprint density at radius 2 is 2.20 bits per heavy atom. The summed E-state index contributed by atoms with van der Waals surface area (Å²) in [5, 5.41) is 10.9. The van der Waals surface area contributed by atoms with Crippen LogP contribution in [0.2, 0.25) is 0 Å². The number of hydrogen-bond acceptors (Lipinski definition) is 7. The van der Waals surface area contributed by atoms with Gasteiger partial charge in [0.05, 0.1) is 13.2 Å². The van der Waals surface area contributed by atoms with Crippen LogP contribution in [0.25, 0.3) is 0 Å². The number of nitrogens with one attached hydrogen (secondary N) is 1. The molecule has 3 heterocycles. The van der Waals surface area contributed by atoms with E-state index in [1.807, 2.05) is 11.8 Å². The Morgan fingerprint density at radius 3 is 2.96 bits per heavy atom. The van der Waals surface area contributed by atoms with Gasteiger partial charge in [0.2, 0.25) is 11.8 Å². The Labute approximate surface area is 145 Å². The molecule has 1 saturated heterocycles. The lowest BCUT2D eigenvalue weighted by molar-refractivity contribution is -0.139. The van der Waals surface area contributed by atoms with Crippen molar-refractivity contribution in [2.75, 3.05) is 19.7 Å². The first-order valence-corrected chi connectivity index (χ1v) is 8.80. The number of nitrogens with zero attached hydrogens (tertiary/aromatic N) is 5. The molecule has 0 aromatic carbocycles. The molecule has 25 heavy (non-hydrogen) atoms. The summed E-state index contributed by atoms with van der Waals surface area (Å²) < 4.78 is 10.9. The summed E-state index contributed by atoms with van der Waals surface area (Å²) in [5.74, 6) is 3.40. The largest absolute Gasteiger partial charge is 0.366 e. The molecule has 1 N–H and O–H groups in total. The van der Waals surface area contributed by atoms with Gasteiger partial charge in [0, 0.05) is 25.3 Å². The summed E-state index contributed by atoms with van der Waals surface area (Å²) >= 11 is 0. The number of aromatic amines is 1. The molecular formula is C16H22N6O3. The monoisotopic (exact) mass is 346 g/mol. The van der Waals surface area contributed by atoms with E-state index in [0.717, 1.165) is 24.5 Å². The van der Waals surface area contributed by atoms with E-state index in [-0.39, 0.29) is 12.0 Å². The van der Waals surface area contributed by atoms with E-state index in [0.29, 0.717) is 56.6 Å². The van der Waals surface area contributed by atoms with Gasteiger partial charge in [0.15, 0.2) is 11.6 Å². The molecule has 0 bridgehead atoms. The lowest BCUT2D eigenvalue weighted by Gasteiger charge is -2.31. The average Bonchev–Trinajstić information content (AvgIpc) is 3.21. The molecule has 9 heteroatoms. The summed E-state index contributed by atoms with van der Waals surface area (Å²) in [6.07, 6.45) is 3.84. The topological polar surface area (TPSA) is 110 Å². The van der Waals surface area contributed by atoms with Crippen LogP contribution in [0.1, 0.15) is 61.1 Å². The molecule has 2 aromatic rings. The highest BCUT2D eigenvalue weighted by molar-refractivity contribution is 5.76. The maximum atomic E-state index is 12.4. The smallest absolute Gasteiger partial charge is 0.226 e. The molecule has 1 amide bonds. The normalized spacial score (nSPS) is 20.8. The van der Waals surface area contributed by atoms with Crippen molar-refractivity contribution in [1.29, 1.82) is 0 Å². The summed E-state index contributed by atoms with van der Waals surface area (Å²) in [5.41, 5.74) is 0. The van der Waals surface area contributed by atoms with Gasteiger partial charge in [0.25, 0.3) is 0 Å². The third-order valence-electron chi connectivity index (χ3n) is 4.53. The van der Waals surface area contributed by atoms with E-state index in [1.165, 1.54) is 0 Å². The highest BCUT2D eigenvalue weighted by Crippen LogP contribution is 2.38. The van der Waals surface area contributed by atoms with Gasteiger partial charge in [-0.25, -0.2) is 4.98 Å². The Bertz CT molecular complexity index is 738. The van der Waals surface area contributed by atoms with Gasteiger partial charge >= 0.3 is 0 Å². The minimum Gasteiger partial charge on any atom is -0.366 e. The number of hydrogen-bond donors (Lipinski definition) is 1. The summed E-state index contributed by atoms with van der Waals surface area (Å²) in [7, 11) is 0. The molecule has 4 rings (SSSR count). The predicted molar refractivity (Wildman–Crippen MR) is 85.6 cm³/mol. The standard InChI is InChI=1S/C16H22N6O3/c1-10-17-16(20-19-10)12-9-22(7-8-24-12)14(23)4-2-3-13-18-15(21-25-13)11-5-6-11/h11-12H,2-9H2,1H3,(H,17,19,20)/t12-/m0/s1. The fraction of sp³-hybridized carbons (Fsp3) is 0.688. The van der Waals surface area contributed by atoms with Gasteiger partial charge < -0.3 is 14.2 Å². The SMILES string of the molecule is Cc1nc([C@@H]2CN(C(=O)CCCc3nc(C4CC4)no3)CCO2)n[nH]1. The van der Waals surface area contributed by atoms with Gasteiger partial charge in [-0.15, -0.1) is 0 Å². The van der Waals surface area contributed by atoms with Crippen LogP contribution in [0.4, 0.5) is 0 Å². The predicted octanol–water partition coefficient (Wildman–Crippen LogP) is 1.30. The Morgan fingerprint density at radius 1 is 1.32 bits per heavy atom. The number of H-pyrrole nitrogens is 1. The number of carbonyl (C=O) groups is 1. The lowest BCUT2D eigenvalue weighted by atomic mass is 10.2. The molecule has 0 radical (unpaired) electrons. The van der Waals surface area contributed by atoms with Gasteiger partial charge in [0.1, 0.15) is 11.9 Å². The molecule has 2 aromatic heterocycles. The van der Waals surface area contributed by atoms with E-state index in [2.05, 4.69) is 25.3 Å². The van der Waals surface area contributed by atoms with E-state index in [9.17, 15) is 4.79 Å². The second-order valence-electron chi connectivity index (χ2n) is 6.65. The number of aryl methyl sites for hydroxylation is 2. The number of ether oxygens (including phenoxy) is 1. The highest BCUT2D eigenvalue weighted by atomic mass is 16.5. The Balaban J connectivity index is 1.25. The number of carbonyl (C=O) groups excluding carboxylic acids is 1. The zero-order valence-corrected chi connectivity index (χ0v) is 14.3. The lowest BCUT2D eigenvalue weighted by Crippen LogP contribution is -2.42. The van der Waals surface area contributed by atoms with Crippen LogP contribution in [-0.2, 0) is 16.0 Å². The molecule has 2 aliphatic rings. The van der Waals surface area contributed by atoms with E-state index in [1.54, 1.807) is 0 Å². The zero-order chi connectivity index (χ0) is 17.2. The number of amides is 1. The van der Waals surface area contributed by atoms with E-state index in [4.69, 9.17) is 9.26 Å². The molecule has 2 fully saturated rings. The van der Waals surface area contributed by atoms with Crippen LogP contribution in [0.15, 0.2) is 4.52 Å². The molecule has 1 atom stereocenters. The maximum Gasteiger partial charge on any atom is 0.226 e.